The Balaban J connectivity index is 1.64. The van der Waals surface area contributed by atoms with Crippen LogP contribution >= 0.6 is 11.6 Å². The average molecular weight is 352 g/mol. The van der Waals surface area contributed by atoms with Gasteiger partial charge in [-0.05, 0) is 30.9 Å². The molecule has 1 aromatic heterocycles. The van der Waals surface area contributed by atoms with Crippen molar-refractivity contribution in [3.63, 3.8) is 0 Å². The van der Waals surface area contributed by atoms with Crippen molar-refractivity contribution in [1.82, 2.24) is 15.0 Å². The minimum absolute atomic E-state index is 0.0901. The van der Waals surface area contributed by atoms with Gasteiger partial charge in [0, 0.05) is 31.8 Å². The zero-order chi connectivity index (χ0) is 16.9. The molecule has 0 saturated carbocycles. The Morgan fingerprint density at radius 1 is 1.42 bits per heavy atom. The van der Waals surface area contributed by atoms with Crippen LogP contribution in [-0.2, 0) is 11.2 Å². The monoisotopic (exact) mass is 351 g/mol. The lowest BCUT2D eigenvalue weighted by Gasteiger charge is -2.32. The van der Waals surface area contributed by atoms with Crippen LogP contribution in [0.1, 0.15) is 25.2 Å². The quantitative estimate of drug-likeness (QED) is 0.776. The standard InChI is InChI=1S/C17H19ClFN3O2/c18-8-7-16(23)22-9-3-4-12(11-22)10-15-20-17(21-24-15)13-5-1-2-6-14(13)19/h1-2,5-6,12H,3-4,7-11H2. The minimum atomic E-state index is -0.375. The normalized spacial score (nSPS) is 17.9. The average Bonchev–Trinajstić information content (AvgIpc) is 3.04. The van der Waals surface area contributed by atoms with Crippen LogP contribution in [0.25, 0.3) is 11.4 Å². The van der Waals surface area contributed by atoms with Crippen molar-refractivity contribution in [3.05, 3.63) is 36.0 Å². The van der Waals surface area contributed by atoms with E-state index >= 15 is 0 Å². The van der Waals surface area contributed by atoms with Crippen LogP contribution < -0.4 is 0 Å². The summed E-state index contributed by atoms with van der Waals surface area (Å²) in [5, 5.41) is 3.87. The lowest BCUT2D eigenvalue weighted by Crippen LogP contribution is -2.40. The molecule has 7 heteroatoms. The Morgan fingerprint density at radius 2 is 2.25 bits per heavy atom. The summed E-state index contributed by atoms with van der Waals surface area (Å²) < 4.78 is 19.0. The molecule has 0 spiro atoms. The SMILES string of the molecule is O=C(CCCl)N1CCCC(Cc2nc(-c3ccccc3F)no2)C1. The summed E-state index contributed by atoms with van der Waals surface area (Å²) in [4.78, 5) is 18.1. The molecule has 1 fully saturated rings. The van der Waals surface area contributed by atoms with Crippen molar-refractivity contribution >= 4 is 17.5 Å². The Labute approximate surface area is 144 Å². The first-order valence-corrected chi connectivity index (χ1v) is 8.62. The number of rotatable bonds is 5. The van der Waals surface area contributed by atoms with Gasteiger partial charge in [-0.15, -0.1) is 11.6 Å². The van der Waals surface area contributed by atoms with Crippen molar-refractivity contribution in [2.75, 3.05) is 19.0 Å². The predicted octanol–water partition coefficient (Wildman–Crippen LogP) is 3.29. The van der Waals surface area contributed by atoms with Gasteiger partial charge >= 0.3 is 0 Å². The van der Waals surface area contributed by atoms with Crippen LogP contribution in [0.4, 0.5) is 4.39 Å². The Kier molecular flexibility index (Phi) is 5.45. The van der Waals surface area contributed by atoms with E-state index in [9.17, 15) is 9.18 Å². The molecule has 1 unspecified atom stereocenters. The molecular weight excluding hydrogens is 333 g/mol. The van der Waals surface area contributed by atoms with Crippen LogP contribution in [0.3, 0.4) is 0 Å². The molecule has 0 N–H and O–H groups in total. The van der Waals surface area contributed by atoms with E-state index in [2.05, 4.69) is 10.1 Å². The molecule has 0 radical (unpaired) electrons. The summed E-state index contributed by atoms with van der Waals surface area (Å²) in [7, 11) is 0. The number of hydrogen-bond acceptors (Lipinski definition) is 4. The van der Waals surface area contributed by atoms with Gasteiger partial charge in [0.05, 0.1) is 5.56 Å². The van der Waals surface area contributed by atoms with E-state index < -0.39 is 0 Å². The largest absolute Gasteiger partial charge is 0.342 e. The number of benzene rings is 1. The van der Waals surface area contributed by atoms with Crippen molar-refractivity contribution in [1.29, 1.82) is 0 Å². The van der Waals surface area contributed by atoms with E-state index in [1.54, 1.807) is 18.2 Å². The zero-order valence-electron chi connectivity index (χ0n) is 13.3. The summed E-state index contributed by atoms with van der Waals surface area (Å²) in [5.41, 5.74) is 0.329. The molecule has 0 aliphatic carbocycles. The maximum Gasteiger partial charge on any atom is 0.227 e. The highest BCUT2D eigenvalue weighted by atomic mass is 35.5. The number of halogens is 2. The molecule has 2 aromatic rings. The first-order chi connectivity index (χ1) is 11.7. The summed E-state index contributed by atoms with van der Waals surface area (Å²) in [6.07, 6.45) is 2.91. The van der Waals surface area contributed by atoms with Gasteiger partial charge in [-0.2, -0.15) is 4.98 Å². The van der Waals surface area contributed by atoms with Crippen LogP contribution in [0.2, 0.25) is 0 Å². The molecule has 2 heterocycles. The lowest BCUT2D eigenvalue weighted by atomic mass is 9.94. The van der Waals surface area contributed by atoms with Crippen LogP contribution in [0.15, 0.2) is 28.8 Å². The van der Waals surface area contributed by atoms with E-state index in [0.717, 1.165) is 19.4 Å². The van der Waals surface area contributed by atoms with Crippen molar-refractivity contribution in [2.45, 2.75) is 25.7 Å². The third kappa shape index (κ3) is 3.93. The maximum atomic E-state index is 13.8. The maximum absolute atomic E-state index is 13.8. The van der Waals surface area contributed by atoms with E-state index in [1.807, 2.05) is 4.90 Å². The number of likely N-dealkylation sites (tertiary alicyclic amines) is 1. The fourth-order valence-electron chi connectivity index (χ4n) is 3.03. The summed E-state index contributed by atoms with van der Waals surface area (Å²) in [6, 6.07) is 6.34. The summed E-state index contributed by atoms with van der Waals surface area (Å²) in [6.45, 7) is 1.45. The van der Waals surface area contributed by atoms with Gasteiger partial charge < -0.3 is 9.42 Å². The lowest BCUT2D eigenvalue weighted by molar-refractivity contribution is -0.132. The van der Waals surface area contributed by atoms with E-state index in [0.29, 0.717) is 36.7 Å². The van der Waals surface area contributed by atoms with E-state index in [4.69, 9.17) is 16.1 Å². The number of carbonyl (C=O) groups is 1. The molecule has 1 atom stereocenters. The number of amides is 1. The number of nitrogens with zero attached hydrogens (tertiary/aromatic N) is 3. The fourth-order valence-corrected chi connectivity index (χ4v) is 3.20. The Morgan fingerprint density at radius 3 is 3.04 bits per heavy atom. The number of hydrogen-bond donors (Lipinski definition) is 0. The molecule has 24 heavy (non-hydrogen) atoms. The molecular formula is C17H19ClFN3O2. The molecule has 128 valence electrons. The number of carbonyl (C=O) groups excluding carboxylic acids is 1. The van der Waals surface area contributed by atoms with Gasteiger partial charge in [0.25, 0.3) is 0 Å². The van der Waals surface area contributed by atoms with Crippen molar-refractivity contribution in [2.24, 2.45) is 5.92 Å². The predicted molar refractivity (Wildman–Crippen MR) is 88.0 cm³/mol. The van der Waals surface area contributed by atoms with Crippen LogP contribution in [0.5, 0.6) is 0 Å². The molecule has 3 rings (SSSR count). The van der Waals surface area contributed by atoms with Gasteiger partial charge in [-0.25, -0.2) is 4.39 Å². The Bertz CT molecular complexity index is 707. The fraction of sp³-hybridized carbons (Fsp3) is 0.471. The Hall–Kier alpha value is -1.95. The molecule has 5 nitrogen and oxygen atoms in total. The molecule has 1 amide bonds. The number of aromatic nitrogens is 2. The first kappa shape index (κ1) is 16.9. The third-order valence-corrected chi connectivity index (χ3v) is 4.42. The number of alkyl halides is 1. The molecule has 1 aromatic carbocycles. The third-order valence-electron chi connectivity index (χ3n) is 4.23. The summed E-state index contributed by atoms with van der Waals surface area (Å²) >= 11 is 5.64. The van der Waals surface area contributed by atoms with Gasteiger partial charge in [-0.3, -0.25) is 4.79 Å². The van der Waals surface area contributed by atoms with Gasteiger partial charge in [0.1, 0.15) is 5.82 Å². The second-order valence-electron chi connectivity index (χ2n) is 5.98. The van der Waals surface area contributed by atoms with E-state index in [1.165, 1.54) is 6.07 Å². The van der Waals surface area contributed by atoms with Crippen LogP contribution in [-0.4, -0.2) is 39.9 Å². The van der Waals surface area contributed by atoms with Gasteiger partial charge in [0.15, 0.2) is 0 Å². The second kappa shape index (κ2) is 7.75. The van der Waals surface area contributed by atoms with Crippen molar-refractivity contribution in [3.8, 4) is 11.4 Å². The van der Waals surface area contributed by atoms with Crippen molar-refractivity contribution < 1.29 is 13.7 Å². The highest BCUT2D eigenvalue weighted by Gasteiger charge is 2.25. The van der Waals surface area contributed by atoms with Crippen LogP contribution in [0, 0.1) is 11.7 Å². The van der Waals surface area contributed by atoms with E-state index in [-0.39, 0.29) is 23.5 Å². The first-order valence-electron chi connectivity index (χ1n) is 8.08. The molecule has 1 saturated heterocycles. The highest BCUT2D eigenvalue weighted by Crippen LogP contribution is 2.23. The highest BCUT2D eigenvalue weighted by molar-refractivity contribution is 6.18. The zero-order valence-corrected chi connectivity index (χ0v) is 14.0. The molecule has 0 bridgehead atoms. The molecule has 1 aliphatic heterocycles. The number of piperidine rings is 1. The van der Waals surface area contributed by atoms with Gasteiger partial charge in [-0.1, -0.05) is 17.3 Å². The second-order valence-corrected chi connectivity index (χ2v) is 6.36. The summed E-state index contributed by atoms with van der Waals surface area (Å²) in [5.74, 6) is 1.06. The minimum Gasteiger partial charge on any atom is -0.342 e. The van der Waals surface area contributed by atoms with Gasteiger partial charge in [0.2, 0.25) is 17.6 Å². The molecule has 1 aliphatic rings. The topological polar surface area (TPSA) is 59.2 Å². The smallest absolute Gasteiger partial charge is 0.227 e.